The molecule has 1 aromatic heterocycles. The second-order valence-corrected chi connectivity index (χ2v) is 3.97. The highest BCUT2D eigenvalue weighted by Gasteiger charge is 2.28. The molecule has 1 aromatic rings. The molecule has 1 aliphatic heterocycles. The zero-order chi connectivity index (χ0) is 10.8. The van der Waals surface area contributed by atoms with Gasteiger partial charge in [0.25, 0.3) is 5.91 Å². The number of nitrogens with one attached hydrogen (secondary N) is 1. The van der Waals surface area contributed by atoms with Crippen LogP contribution in [0.1, 0.15) is 30.4 Å². The highest BCUT2D eigenvalue weighted by molar-refractivity contribution is 5.90. The standard InChI is InChI=1S/C9H15N5O/c1-6-4-7(10)2-3-14(6)9(15)8-11-5-12-13-8/h5-7H,2-4,10H2,1H3,(H,11,12,13). The van der Waals surface area contributed by atoms with Gasteiger partial charge < -0.3 is 10.6 Å². The zero-order valence-electron chi connectivity index (χ0n) is 8.68. The van der Waals surface area contributed by atoms with Gasteiger partial charge >= 0.3 is 0 Å². The molecule has 1 saturated heterocycles. The number of H-pyrrole nitrogens is 1. The lowest BCUT2D eigenvalue weighted by atomic mass is 9.99. The highest BCUT2D eigenvalue weighted by atomic mass is 16.2. The molecule has 0 bridgehead atoms. The lowest BCUT2D eigenvalue weighted by Crippen LogP contribution is -2.48. The van der Waals surface area contributed by atoms with Crippen LogP contribution in [0.25, 0.3) is 0 Å². The minimum Gasteiger partial charge on any atom is -0.333 e. The van der Waals surface area contributed by atoms with Crippen molar-refractivity contribution in [3.05, 3.63) is 12.2 Å². The summed E-state index contributed by atoms with van der Waals surface area (Å²) in [6.07, 6.45) is 3.04. The molecular formula is C9H15N5O. The van der Waals surface area contributed by atoms with Crippen molar-refractivity contribution in [3.8, 4) is 0 Å². The van der Waals surface area contributed by atoms with Crippen molar-refractivity contribution < 1.29 is 4.79 Å². The van der Waals surface area contributed by atoms with Crippen LogP contribution in [0.5, 0.6) is 0 Å². The first kappa shape index (κ1) is 10.1. The average molecular weight is 209 g/mol. The van der Waals surface area contributed by atoms with Crippen molar-refractivity contribution in [2.45, 2.75) is 31.8 Å². The molecule has 0 aromatic carbocycles. The molecule has 2 rings (SSSR count). The number of aromatic nitrogens is 3. The van der Waals surface area contributed by atoms with Crippen molar-refractivity contribution in [1.82, 2.24) is 20.1 Å². The van der Waals surface area contributed by atoms with E-state index in [2.05, 4.69) is 15.2 Å². The maximum atomic E-state index is 11.9. The van der Waals surface area contributed by atoms with Gasteiger partial charge in [0, 0.05) is 18.6 Å². The second-order valence-electron chi connectivity index (χ2n) is 3.97. The average Bonchev–Trinajstić information content (AvgIpc) is 2.69. The van der Waals surface area contributed by atoms with Crippen molar-refractivity contribution >= 4 is 5.91 Å². The molecule has 6 heteroatoms. The molecule has 0 radical (unpaired) electrons. The summed E-state index contributed by atoms with van der Waals surface area (Å²) in [5.41, 5.74) is 5.83. The van der Waals surface area contributed by atoms with Crippen LogP contribution in [0, 0.1) is 0 Å². The molecule has 2 atom stereocenters. The van der Waals surface area contributed by atoms with E-state index in [0.29, 0.717) is 12.4 Å². The van der Waals surface area contributed by atoms with Gasteiger partial charge in [-0.1, -0.05) is 0 Å². The summed E-state index contributed by atoms with van der Waals surface area (Å²) < 4.78 is 0. The summed E-state index contributed by atoms with van der Waals surface area (Å²) in [7, 11) is 0. The monoisotopic (exact) mass is 209 g/mol. The van der Waals surface area contributed by atoms with E-state index in [1.165, 1.54) is 6.33 Å². The molecule has 0 saturated carbocycles. The van der Waals surface area contributed by atoms with Crippen molar-refractivity contribution in [3.63, 3.8) is 0 Å². The quantitative estimate of drug-likeness (QED) is 0.668. The van der Waals surface area contributed by atoms with Gasteiger partial charge in [0.2, 0.25) is 5.82 Å². The van der Waals surface area contributed by atoms with E-state index in [9.17, 15) is 4.79 Å². The highest BCUT2D eigenvalue weighted by Crippen LogP contribution is 2.17. The lowest BCUT2D eigenvalue weighted by molar-refractivity contribution is 0.0607. The van der Waals surface area contributed by atoms with Crippen LogP contribution in [0.4, 0.5) is 0 Å². The SMILES string of the molecule is CC1CC(N)CCN1C(=O)c1ncn[nH]1. The minimum absolute atomic E-state index is 0.0908. The first-order valence-electron chi connectivity index (χ1n) is 5.10. The Bertz CT molecular complexity index is 336. The van der Waals surface area contributed by atoms with Crippen LogP contribution in [0.15, 0.2) is 6.33 Å². The van der Waals surface area contributed by atoms with Gasteiger partial charge in [-0.05, 0) is 19.8 Å². The number of nitrogens with zero attached hydrogens (tertiary/aromatic N) is 3. The largest absolute Gasteiger partial charge is 0.333 e. The van der Waals surface area contributed by atoms with Crippen LogP contribution < -0.4 is 5.73 Å². The Hall–Kier alpha value is -1.43. The van der Waals surface area contributed by atoms with Gasteiger partial charge in [0.1, 0.15) is 6.33 Å². The van der Waals surface area contributed by atoms with Gasteiger partial charge in [-0.2, -0.15) is 5.10 Å². The summed E-state index contributed by atoms with van der Waals surface area (Å²) in [6.45, 7) is 2.70. The third-order valence-corrected chi connectivity index (χ3v) is 2.80. The van der Waals surface area contributed by atoms with Crippen LogP contribution in [-0.4, -0.2) is 44.6 Å². The zero-order valence-corrected chi connectivity index (χ0v) is 8.68. The summed E-state index contributed by atoms with van der Waals surface area (Å²) in [4.78, 5) is 17.6. The molecule has 1 aliphatic rings. The molecule has 15 heavy (non-hydrogen) atoms. The third-order valence-electron chi connectivity index (χ3n) is 2.80. The summed E-state index contributed by atoms with van der Waals surface area (Å²) in [6, 6.07) is 0.380. The van der Waals surface area contributed by atoms with Gasteiger partial charge in [0.05, 0.1) is 0 Å². The summed E-state index contributed by atoms with van der Waals surface area (Å²) >= 11 is 0. The Kier molecular flexibility index (Phi) is 2.68. The molecule has 6 nitrogen and oxygen atoms in total. The number of carbonyl (C=O) groups is 1. The van der Waals surface area contributed by atoms with Crippen LogP contribution in [0.2, 0.25) is 0 Å². The smallest absolute Gasteiger partial charge is 0.291 e. The molecule has 0 aliphatic carbocycles. The summed E-state index contributed by atoms with van der Waals surface area (Å²) in [5.74, 6) is 0.212. The van der Waals surface area contributed by atoms with E-state index >= 15 is 0 Å². The van der Waals surface area contributed by atoms with E-state index in [1.807, 2.05) is 6.92 Å². The van der Waals surface area contributed by atoms with Crippen molar-refractivity contribution in [1.29, 1.82) is 0 Å². The predicted molar refractivity (Wildman–Crippen MR) is 54.1 cm³/mol. The first-order valence-corrected chi connectivity index (χ1v) is 5.10. The number of aromatic amines is 1. The van der Waals surface area contributed by atoms with Gasteiger partial charge in [-0.25, -0.2) is 4.98 Å². The number of nitrogens with two attached hydrogens (primary N) is 1. The van der Waals surface area contributed by atoms with E-state index in [-0.39, 0.29) is 18.0 Å². The molecule has 2 unspecified atom stereocenters. The lowest BCUT2D eigenvalue weighted by Gasteiger charge is -2.35. The summed E-state index contributed by atoms with van der Waals surface area (Å²) in [5, 5.41) is 6.25. The van der Waals surface area contributed by atoms with Crippen LogP contribution >= 0.6 is 0 Å². The maximum absolute atomic E-state index is 11.9. The van der Waals surface area contributed by atoms with E-state index in [4.69, 9.17) is 5.73 Å². The van der Waals surface area contributed by atoms with Crippen LogP contribution in [-0.2, 0) is 0 Å². The van der Waals surface area contributed by atoms with E-state index in [1.54, 1.807) is 4.90 Å². The van der Waals surface area contributed by atoms with E-state index < -0.39 is 0 Å². The van der Waals surface area contributed by atoms with Gasteiger partial charge in [0.15, 0.2) is 0 Å². The normalized spacial score (nSPS) is 26.7. The molecular weight excluding hydrogens is 194 g/mol. The Morgan fingerprint density at radius 1 is 1.73 bits per heavy atom. The molecule has 2 heterocycles. The van der Waals surface area contributed by atoms with Crippen molar-refractivity contribution in [2.75, 3.05) is 6.54 Å². The number of carbonyl (C=O) groups excluding carboxylic acids is 1. The Morgan fingerprint density at radius 2 is 2.53 bits per heavy atom. The maximum Gasteiger partial charge on any atom is 0.291 e. The van der Waals surface area contributed by atoms with Gasteiger partial charge in [-0.3, -0.25) is 9.89 Å². The molecule has 82 valence electrons. The molecule has 1 fully saturated rings. The fourth-order valence-electron chi connectivity index (χ4n) is 1.95. The first-order chi connectivity index (χ1) is 7.18. The number of hydrogen-bond donors (Lipinski definition) is 2. The number of piperidine rings is 1. The van der Waals surface area contributed by atoms with Crippen molar-refractivity contribution in [2.24, 2.45) is 5.73 Å². The van der Waals surface area contributed by atoms with E-state index in [0.717, 1.165) is 12.8 Å². The third kappa shape index (κ3) is 1.99. The Balaban J connectivity index is 2.08. The fraction of sp³-hybridized carbons (Fsp3) is 0.667. The van der Waals surface area contributed by atoms with Crippen LogP contribution in [0.3, 0.4) is 0 Å². The number of amides is 1. The topological polar surface area (TPSA) is 87.9 Å². The Labute approximate surface area is 87.9 Å². The Morgan fingerprint density at radius 3 is 3.13 bits per heavy atom. The predicted octanol–water partition coefficient (Wildman–Crippen LogP) is -0.243. The van der Waals surface area contributed by atoms with Gasteiger partial charge in [-0.15, -0.1) is 0 Å². The minimum atomic E-state index is -0.0908. The number of rotatable bonds is 1. The fourth-order valence-corrected chi connectivity index (χ4v) is 1.95. The number of hydrogen-bond acceptors (Lipinski definition) is 4. The molecule has 1 amide bonds. The second kappa shape index (κ2) is 3.98. The molecule has 0 spiro atoms. The number of likely N-dealkylation sites (tertiary alicyclic amines) is 1. The molecule has 3 N–H and O–H groups in total.